The Kier molecular flexibility index (Phi) is 4.64. The Labute approximate surface area is 130 Å². The predicted octanol–water partition coefficient (Wildman–Crippen LogP) is 1.86. The lowest BCUT2D eigenvalue weighted by Gasteiger charge is -2.06. The van der Waals surface area contributed by atoms with Crippen LogP contribution in [0.15, 0.2) is 29.2 Å². The highest BCUT2D eigenvalue weighted by molar-refractivity contribution is 7.86. The molecule has 0 atom stereocenters. The van der Waals surface area contributed by atoms with Crippen LogP contribution in [0.4, 0.5) is 0 Å². The Morgan fingerprint density at radius 3 is 2.50 bits per heavy atom. The molecule has 1 heterocycles. The fourth-order valence-electron chi connectivity index (χ4n) is 2.07. The van der Waals surface area contributed by atoms with Gasteiger partial charge in [0, 0.05) is 24.7 Å². The summed E-state index contributed by atoms with van der Waals surface area (Å²) in [6, 6.07) is 8.47. The molecule has 0 spiro atoms. The second-order valence-corrected chi connectivity index (χ2v) is 6.60. The van der Waals surface area contributed by atoms with Gasteiger partial charge < -0.3 is 0 Å². The maximum absolute atomic E-state index is 12.1. The van der Waals surface area contributed by atoms with E-state index in [1.165, 1.54) is 12.1 Å². The number of aryl methyl sites for hydroxylation is 2. The highest BCUT2D eigenvalue weighted by Gasteiger charge is 2.17. The largest absolute Gasteiger partial charge is 0.296 e. The van der Waals surface area contributed by atoms with Crippen LogP contribution in [0.1, 0.15) is 22.5 Å². The van der Waals surface area contributed by atoms with Gasteiger partial charge in [0.25, 0.3) is 10.1 Å². The van der Waals surface area contributed by atoms with Crippen LogP contribution in [-0.2, 0) is 27.8 Å². The van der Waals surface area contributed by atoms with Gasteiger partial charge in [-0.05, 0) is 26.0 Å². The summed E-state index contributed by atoms with van der Waals surface area (Å²) in [5, 5.41) is 13.1. The minimum atomic E-state index is -3.78. The first kappa shape index (κ1) is 16.2. The molecule has 7 heteroatoms. The number of nitriles is 1. The highest BCUT2D eigenvalue weighted by atomic mass is 32.2. The second-order valence-electron chi connectivity index (χ2n) is 4.99. The van der Waals surface area contributed by atoms with Gasteiger partial charge in [-0.1, -0.05) is 17.7 Å². The lowest BCUT2D eigenvalue weighted by molar-refractivity contribution is 0.321. The molecule has 0 N–H and O–H groups in total. The number of rotatable bonds is 5. The van der Waals surface area contributed by atoms with Crippen LogP contribution in [0.3, 0.4) is 0 Å². The van der Waals surface area contributed by atoms with Crippen molar-refractivity contribution in [3.8, 4) is 6.07 Å². The molecule has 22 heavy (non-hydrogen) atoms. The number of hydrogen-bond donors (Lipinski definition) is 0. The lowest BCUT2D eigenvalue weighted by atomic mass is 10.1. The Hall–Kier alpha value is -2.17. The summed E-state index contributed by atoms with van der Waals surface area (Å²) in [5.41, 5.74) is 2.82. The molecule has 0 aliphatic rings. The molecule has 0 saturated carbocycles. The Morgan fingerprint density at radius 2 is 1.91 bits per heavy atom. The fourth-order valence-corrected chi connectivity index (χ4v) is 2.98. The number of benzene rings is 1. The Morgan fingerprint density at radius 1 is 1.27 bits per heavy atom. The van der Waals surface area contributed by atoms with Gasteiger partial charge in [-0.2, -0.15) is 18.8 Å². The van der Waals surface area contributed by atoms with Gasteiger partial charge in [-0.3, -0.25) is 8.86 Å². The van der Waals surface area contributed by atoms with Gasteiger partial charge in [-0.25, -0.2) is 0 Å². The van der Waals surface area contributed by atoms with Crippen molar-refractivity contribution in [3.05, 3.63) is 46.8 Å². The summed E-state index contributed by atoms with van der Waals surface area (Å²) in [6.45, 7) is 3.68. The van der Waals surface area contributed by atoms with E-state index in [1.807, 2.05) is 19.9 Å². The van der Waals surface area contributed by atoms with Crippen molar-refractivity contribution in [2.45, 2.75) is 25.2 Å². The summed E-state index contributed by atoms with van der Waals surface area (Å²) in [7, 11) is -2.04. The molecular weight excluding hydrogens is 302 g/mol. The molecule has 0 bridgehead atoms. The summed E-state index contributed by atoms with van der Waals surface area (Å²) in [6.07, 6.45) is 0.313. The standard InChI is InChI=1S/C15H17N3O3S/c1-11-4-6-13(7-5-11)22(19,20)21-9-8-14-12(2)18(3)17-15(14)10-16/h4-7H,8-9H2,1-3H3. The van der Waals surface area contributed by atoms with Crippen molar-refractivity contribution in [2.75, 3.05) is 6.61 Å². The van der Waals surface area contributed by atoms with Crippen LogP contribution >= 0.6 is 0 Å². The van der Waals surface area contributed by atoms with Crippen LogP contribution in [0.25, 0.3) is 0 Å². The van der Waals surface area contributed by atoms with Crippen LogP contribution in [0, 0.1) is 25.2 Å². The molecule has 0 unspecified atom stereocenters. The lowest BCUT2D eigenvalue weighted by Crippen LogP contribution is -2.10. The summed E-state index contributed by atoms with van der Waals surface area (Å²) < 4.78 is 30.8. The van der Waals surface area contributed by atoms with E-state index in [0.29, 0.717) is 17.7 Å². The average molecular weight is 319 g/mol. The maximum Gasteiger partial charge on any atom is 0.296 e. The highest BCUT2D eigenvalue weighted by Crippen LogP contribution is 2.16. The first-order chi connectivity index (χ1) is 10.3. The van der Waals surface area contributed by atoms with E-state index in [4.69, 9.17) is 9.44 Å². The normalized spacial score (nSPS) is 11.4. The van der Waals surface area contributed by atoms with Crippen molar-refractivity contribution in [3.63, 3.8) is 0 Å². The molecule has 0 aliphatic heterocycles. The molecule has 1 aromatic heterocycles. The maximum atomic E-state index is 12.1. The molecular formula is C15H17N3O3S. The SMILES string of the molecule is Cc1ccc(S(=O)(=O)OCCc2c(C#N)nn(C)c2C)cc1. The fraction of sp³-hybridized carbons (Fsp3) is 0.333. The molecule has 0 amide bonds. The molecule has 116 valence electrons. The molecule has 2 rings (SSSR count). The van der Waals surface area contributed by atoms with E-state index in [1.54, 1.807) is 23.9 Å². The molecule has 0 fully saturated rings. The van der Waals surface area contributed by atoms with Crippen molar-refractivity contribution in [1.82, 2.24) is 9.78 Å². The Balaban J connectivity index is 2.08. The van der Waals surface area contributed by atoms with Gasteiger partial charge in [0.1, 0.15) is 6.07 Å². The average Bonchev–Trinajstić information content (AvgIpc) is 2.75. The quantitative estimate of drug-likeness (QED) is 0.785. The topological polar surface area (TPSA) is 85.0 Å². The summed E-state index contributed by atoms with van der Waals surface area (Å²) in [4.78, 5) is 0.126. The smallest absolute Gasteiger partial charge is 0.271 e. The summed E-state index contributed by atoms with van der Waals surface area (Å²) in [5.74, 6) is 0. The van der Waals surface area contributed by atoms with Crippen LogP contribution in [0.2, 0.25) is 0 Å². The van der Waals surface area contributed by atoms with Gasteiger partial charge in [0.05, 0.1) is 11.5 Å². The zero-order chi connectivity index (χ0) is 16.3. The first-order valence-corrected chi connectivity index (χ1v) is 8.14. The van der Waals surface area contributed by atoms with E-state index < -0.39 is 10.1 Å². The molecule has 2 aromatic rings. The van der Waals surface area contributed by atoms with E-state index in [0.717, 1.165) is 11.3 Å². The van der Waals surface area contributed by atoms with Gasteiger partial charge >= 0.3 is 0 Å². The Bertz CT molecular complexity index is 815. The van der Waals surface area contributed by atoms with Gasteiger partial charge in [0.2, 0.25) is 0 Å². The minimum absolute atomic E-state index is 0.0303. The van der Waals surface area contributed by atoms with Crippen molar-refractivity contribution < 1.29 is 12.6 Å². The third-order valence-corrected chi connectivity index (χ3v) is 4.79. The van der Waals surface area contributed by atoms with Crippen molar-refractivity contribution in [2.24, 2.45) is 7.05 Å². The molecule has 1 aromatic carbocycles. The second kappa shape index (κ2) is 6.30. The van der Waals surface area contributed by atoms with Crippen molar-refractivity contribution in [1.29, 1.82) is 5.26 Å². The molecule has 6 nitrogen and oxygen atoms in total. The van der Waals surface area contributed by atoms with Crippen LogP contribution < -0.4 is 0 Å². The third kappa shape index (κ3) is 3.35. The van der Waals surface area contributed by atoms with E-state index >= 15 is 0 Å². The van der Waals surface area contributed by atoms with E-state index in [9.17, 15) is 8.42 Å². The molecule has 0 radical (unpaired) electrons. The number of aromatic nitrogens is 2. The van der Waals surface area contributed by atoms with Crippen LogP contribution in [0.5, 0.6) is 0 Å². The van der Waals surface area contributed by atoms with Crippen LogP contribution in [-0.4, -0.2) is 24.8 Å². The third-order valence-electron chi connectivity index (χ3n) is 3.46. The van der Waals surface area contributed by atoms with Gasteiger partial charge in [-0.15, -0.1) is 0 Å². The first-order valence-electron chi connectivity index (χ1n) is 6.74. The number of hydrogen-bond acceptors (Lipinski definition) is 5. The number of nitrogens with zero attached hydrogens (tertiary/aromatic N) is 3. The van der Waals surface area contributed by atoms with Crippen molar-refractivity contribution >= 4 is 10.1 Å². The summed E-state index contributed by atoms with van der Waals surface area (Å²) >= 11 is 0. The van der Waals surface area contributed by atoms with E-state index in [2.05, 4.69) is 5.10 Å². The monoisotopic (exact) mass is 319 g/mol. The predicted molar refractivity (Wildman–Crippen MR) is 80.7 cm³/mol. The van der Waals surface area contributed by atoms with E-state index in [-0.39, 0.29) is 11.5 Å². The minimum Gasteiger partial charge on any atom is -0.271 e. The zero-order valence-corrected chi connectivity index (χ0v) is 13.5. The molecule has 0 aliphatic carbocycles. The zero-order valence-electron chi connectivity index (χ0n) is 12.7. The molecule has 0 saturated heterocycles. The van der Waals surface area contributed by atoms with Gasteiger partial charge in [0.15, 0.2) is 5.69 Å².